The van der Waals surface area contributed by atoms with Gasteiger partial charge in [0.1, 0.15) is 6.54 Å². The van der Waals surface area contributed by atoms with Crippen LogP contribution in [0.25, 0.3) is 11.3 Å². The molecule has 6 nitrogen and oxygen atoms in total. The van der Waals surface area contributed by atoms with E-state index in [0.717, 1.165) is 11.3 Å². The molecule has 1 N–H and O–H groups in total. The van der Waals surface area contributed by atoms with E-state index in [1.54, 1.807) is 12.3 Å². The van der Waals surface area contributed by atoms with Gasteiger partial charge in [0.15, 0.2) is 5.16 Å². The molecule has 0 aliphatic carbocycles. The predicted molar refractivity (Wildman–Crippen MR) is 98.6 cm³/mol. The van der Waals surface area contributed by atoms with Crippen LogP contribution in [-0.2, 0) is 20.9 Å². The van der Waals surface area contributed by atoms with Gasteiger partial charge >= 0.3 is 5.97 Å². The van der Waals surface area contributed by atoms with Crippen LogP contribution in [0.2, 0.25) is 5.02 Å². The lowest BCUT2D eigenvalue weighted by Crippen LogP contribution is -2.31. The van der Waals surface area contributed by atoms with Crippen LogP contribution in [0.15, 0.2) is 48.3 Å². The lowest BCUT2D eigenvalue weighted by Gasteiger charge is -2.10. The fraction of sp³-hybridized carbons (Fsp3) is 0.235. The highest BCUT2D eigenvalue weighted by Gasteiger charge is 2.13. The maximum atomic E-state index is 11.8. The first-order valence-corrected chi connectivity index (χ1v) is 8.80. The molecule has 0 unspecified atom stereocenters. The molecule has 132 valence electrons. The summed E-state index contributed by atoms with van der Waals surface area (Å²) in [5.41, 5.74) is 1.88. The summed E-state index contributed by atoms with van der Waals surface area (Å²) in [7, 11) is 1.27. The Kier molecular flexibility index (Phi) is 7.09. The molecule has 2 rings (SSSR count). The summed E-state index contributed by atoms with van der Waals surface area (Å²) in [4.78, 5) is 27.2. The van der Waals surface area contributed by atoms with Crippen molar-refractivity contribution in [3.05, 3.63) is 48.1 Å². The third kappa shape index (κ3) is 5.37. The van der Waals surface area contributed by atoms with Crippen molar-refractivity contribution in [3.63, 3.8) is 0 Å². The van der Waals surface area contributed by atoms with Crippen LogP contribution in [0.1, 0.15) is 0 Å². The first-order valence-electron chi connectivity index (χ1n) is 7.43. The Morgan fingerprint density at radius 2 is 2.12 bits per heavy atom. The molecular weight excluding hydrogens is 362 g/mol. The number of esters is 1. The van der Waals surface area contributed by atoms with E-state index in [1.807, 2.05) is 28.8 Å². The van der Waals surface area contributed by atoms with E-state index in [0.29, 0.717) is 16.7 Å². The number of thioether (sulfide) groups is 1. The fourth-order valence-electron chi connectivity index (χ4n) is 2.05. The second kappa shape index (κ2) is 9.29. The van der Waals surface area contributed by atoms with Crippen LogP contribution in [0, 0.1) is 0 Å². The number of benzene rings is 1. The number of carbonyl (C=O) groups is 2. The average Bonchev–Trinajstić information content (AvgIpc) is 3.01. The van der Waals surface area contributed by atoms with Gasteiger partial charge in [-0.25, -0.2) is 4.98 Å². The lowest BCUT2D eigenvalue weighted by molar-refractivity contribution is -0.140. The van der Waals surface area contributed by atoms with E-state index in [4.69, 9.17) is 11.6 Å². The average molecular weight is 380 g/mol. The number of imidazole rings is 1. The summed E-state index contributed by atoms with van der Waals surface area (Å²) in [6.45, 7) is 4.18. The highest BCUT2D eigenvalue weighted by atomic mass is 35.5. The minimum absolute atomic E-state index is 0.144. The number of carbonyl (C=O) groups excluding carboxylic acids is 2. The van der Waals surface area contributed by atoms with Gasteiger partial charge < -0.3 is 14.6 Å². The van der Waals surface area contributed by atoms with Gasteiger partial charge in [-0.05, 0) is 17.7 Å². The Balaban J connectivity index is 2.08. The van der Waals surface area contributed by atoms with Crippen LogP contribution in [-0.4, -0.2) is 40.8 Å². The largest absolute Gasteiger partial charge is 0.468 e. The Labute approximate surface area is 155 Å². The summed E-state index contributed by atoms with van der Waals surface area (Å²) < 4.78 is 6.44. The number of allylic oxidation sites excluding steroid dienone is 1. The molecule has 0 aliphatic heterocycles. The SMILES string of the molecule is C=CCn1c(-c2ccc(Cl)cc2)cnc1SCC(=O)NCC(=O)OC. The van der Waals surface area contributed by atoms with Crippen molar-refractivity contribution < 1.29 is 14.3 Å². The molecule has 1 amide bonds. The minimum atomic E-state index is -0.489. The van der Waals surface area contributed by atoms with E-state index >= 15 is 0 Å². The Bertz CT molecular complexity index is 759. The number of rotatable bonds is 8. The molecule has 0 saturated carbocycles. The second-order valence-corrected chi connectivity index (χ2v) is 6.35. The zero-order valence-electron chi connectivity index (χ0n) is 13.7. The number of nitrogens with one attached hydrogen (secondary N) is 1. The van der Waals surface area contributed by atoms with Gasteiger partial charge in [-0.2, -0.15) is 0 Å². The minimum Gasteiger partial charge on any atom is -0.468 e. The summed E-state index contributed by atoms with van der Waals surface area (Å²) in [6.07, 6.45) is 3.52. The topological polar surface area (TPSA) is 73.2 Å². The fourth-order valence-corrected chi connectivity index (χ4v) is 3.00. The van der Waals surface area contributed by atoms with Crippen LogP contribution in [0.5, 0.6) is 0 Å². The highest BCUT2D eigenvalue weighted by molar-refractivity contribution is 7.99. The van der Waals surface area contributed by atoms with Crippen LogP contribution < -0.4 is 5.32 Å². The number of hydrogen-bond acceptors (Lipinski definition) is 5. The van der Waals surface area contributed by atoms with Gasteiger partial charge in [0, 0.05) is 11.6 Å². The quantitative estimate of drug-likeness (QED) is 0.433. The third-order valence-corrected chi connectivity index (χ3v) is 4.50. The molecule has 25 heavy (non-hydrogen) atoms. The molecule has 0 spiro atoms. The van der Waals surface area contributed by atoms with Crippen molar-refractivity contribution in [2.45, 2.75) is 11.7 Å². The molecule has 0 aliphatic rings. The van der Waals surface area contributed by atoms with E-state index in [9.17, 15) is 9.59 Å². The molecule has 8 heteroatoms. The zero-order chi connectivity index (χ0) is 18.2. The number of aromatic nitrogens is 2. The van der Waals surface area contributed by atoms with Crippen molar-refractivity contribution >= 4 is 35.2 Å². The van der Waals surface area contributed by atoms with Crippen LogP contribution in [0.4, 0.5) is 0 Å². The smallest absolute Gasteiger partial charge is 0.325 e. The molecule has 0 saturated heterocycles. The van der Waals surface area contributed by atoms with Crippen molar-refractivity contribution in [2.75, 3.05) is 19.4 Å². The Morgan fingerprint density at radius 1 is 1.40 bits per heavy atom. The van der Waals surface area contributed by atoms with Crippen molar-refractivity contribution in [1.29, 1.82) is 0 Å². The molecule has 1 aromatic heterocycles. The van der Waals surface area contributed by atoms with Crippen LogP contribution in [0.3, 0.4) is 0 Å². The van der Waals surface area contributed by atoms with Gasteiger partial charge in [0.2, 0.25) is 5.91 Å². The second-order valence-electron chi connectivity index (χ2n) is 4.97. The normalized spacial score (nSPS) is 10.3. The number of methoxy groups -OCH3 is 1. The Morgan fingerprint density at radius 3 is 2.76 bits per heavy atom. The summed E-state index contributed by atoms with van der Waals surface area (Å²) >= 11 is 7.22. The van der Waals surface area contributed by atoms with Gasteiger partial charge in [-0.1, -0.05) is 41.6 Å². The Hall–Kier alpha value is -2.25. The third-order valence-electron chi connectivity index (χ3n) is 3.26. The van der Waals surface area contributed by atoms with E-state index in [-0.39, 0.29) is 18.2 Å². The number of nitrogens with zero attached hydrogens (tertiary/aromatic N) is 2. The molecule has 0 radical (unpaired) electrons. The van der Waals surface area contributed by atoms with E-state index in [1.165, 1.54) is 18.9 Å². The van der Waals surface area contributed by atoms with Crippen LogP contribution >= 0.6 is 23.4 Å². The number of amides is 1. The number of halogens is 1. The summed E-state index contributed by atoms with van der Waals surface area (Å²) in [6, 6.07) is 7.46. The highest BCUT2D eigenvalue weighted by Crippen LogP contribution is 2.27. The first-order chi connectivity index (χ1) is 12.0. The van der Waals surface area contributed by atoms with Gasteiger partial charge in [0.05, 0.1) is 24.8 Å². The van der Waals surface area contributed by atoms with Crippen molar-refractivity contribution in [1.82, 2.24) is 14.9 Å². The summed E-state index contributed by atoms with van der Waals surface area (Å²) in [5, 5.41) is 3.85. The molecular formula is C17H18ClN3O3S. The van der Waals surface area contributed by atoms with E-state index in [2.05, 4.69) is 21.6 Å². The van der Waals surface area contributed by atoms with Gasteiger partial charge in [-0.3, -0.25) is 9.59 Å². The van der Waals surface area contributed by atoms with Gasteiger partial charge in [-0.15, -0.1) is 6.58 Å². The molecule has 0 bridgehead atoms. The van der Waals surface area contributed by atoms with Gasteiger partial charge in [0.25, 0.3) is 0 Å². The molecule has 2 aromatic rings. The zero-order valence-corrected chi connectivity index (χ0v) is 15.3. The maximum absolute atomic E-state index is 11.8. The number of ether oxygens (including phenoxy) is 1. The molecule has 1 aromatic carbocycles. The maximum Gasteiger partial charge on any atom is 0.325 e. The number of hydrogen-bond donors (Lipinski definition) is 1. The predicted octanol–water partition coefficient (Wildman–Crippen LogP) is 2.77. The molecule has 0 fully saturated rings. The standard InChI is InChI=1S/C17H18ClN3O3S/c1-3-8-21-14(12-4-6-13(18)7-5-12)9-20-17(21)25-11-15(22)19-10-16(23)24-2/h3-7,9H,1,8,10-11H2,2H3,(H,19,22). The molecule has 0 atom stereocenters. The first kappa shape index (κ1) is 19.1. The van der Waals surface area contributed by atoms with Crippen molar-refractivity contribution in [3.8, 4) is 11.3 Å². The lowest BCUT2D eigenvalue weighted by atomic mass is 10.2. The summed E-state index contributed by atoms with van der Waals surface area (Å²) in [5.74, 6) is -0.612. The molecule has 1 heterocycles. The monoisotopic (exact) mass is 379 g/mol. The van der Waals surface area contributed by atoms with E-state index < -0.39 is 5.97 Å². The van der Waals surface area contributed by atoms with Crippen molar-refractivity contribution in [2.24, 2.45) is 0 Å².